The molecule has 14 heavy (non-hydrogen) atoms. The molecule has 3 heteroatoms. The fourth-order valence-electron chi connectivity index (χ4n) is 1.99. The molecule has 0 spiro atoms. The van der Waals surface area contributed by atoms with Crippen molar-refractivity contribution in [1.29, 1.82) is 0 Å². The lowest BCUT2D eigenvalue weighted by Crippen LogP contribution is -2.00. The normalized spacial score (nSPS) is 16.4. The molecule has 1 heterocycles. The van der Waals surface area contributed by atoms with Crippen LogP contribution in [0, 0.1) is 6.92 Å². The lowest BCUT2D eigenvalue weighted by molar-refractivity contribution is 0.779. The molecule has 1 fully saturated rings. The molecule has 0 atom stereocenters. The van der Waals surface area contributed by atoms with Crippen molar-refractivity contribution in [3.63, 3.8) is 0 Å². The molecule has 1 aliphatic rings. The van der Waals surface area contributed by atoms with Crippen LogP contribution in [0.5, 0.6) is 0 Å². The van der Waals surface area contributed by atoms with Gasteiger partial charge >= 0.3 is 0 Å². The monoisotopic (exact) mass is 187 g/mol. The zero-order chi connectivity index (χ0) is 9.71. The van der Waals surface area contributed by atoms with E-state index >= 15 is 0 Å². The molecule has 1 aromatic carbocycles. The minimum Gasteiger partial charge on any atom is -0.369 e. The van der Waals surface area contributed by atoms with Crippen LogP contribution in [0.1, 0.15) is 24.4 Å². The summed E-state index contributed by atoms with van der Waals surface area (Å²) in [6.45, 7) is 2.08. The van der Waals surface area contributed by atoms with Crippen LogP contribution >= 0.6 is 0 Å². The van der Waals surface area contributed by atoms with Crippen LogP contribution in [0.4, 0.5) is 5.95 Å². The van der Waals surface area contributed by atoms with Gasteiger partial charge in [0.15, 0.2) is 0 Å². The number of anilines is 1. The van der Waals surface area contributed by atoms with Crippen LogP contribution in [-0.4, -0.2) is 9.55 Å². The summed E-state index contributed by atoms with van der Waals surface area (Å²) in [5.41, 5.74) is 9.36. The van der Waals surface area contributed by atoms with Gasteiger partial charge in [-0.3, -0.25) is 0 Å². The Kier molecular flexibility index (Phi) is 1.40. The predicted octanol–water partition coefficient (Wildman–Crippen LogP) is 2.26. The molecule has 1 aliphatic carbocycles. The maximum absolute atomic E-state index is 5.92. The van der Waals surface area contributed by atoms with E-state index in [4.69, 9.17) is 5.73 Å². The van der Waals surface area contributed by atoms with Crippen LogP contribution in [0.2, 0.25) is 0 Å². The van der Waals surface area contributed by atoms with Crippen LogP contribution in [0.15, 0.2) is 18.2 Å². The topological polar surface area (TPSA) is 43.8 Å². The minimum absolute atomic E-state index is 0.599. The molecule has 0 aliphatic heterocycles. The molecule has 1 aromatic heterocycles. The van der Waals surface area contributed by atoms with E-state index in [1.54, 1.807) is 0 Å². The van der Waals surface area contributed by atoms with Crippen molar-refractivity contribution >= 4 is 17.0 Å². The summed E-state index contributed by atoms with van der Waals surface area (Å²) in [5, 5.41) is 0. The number of nitrogens with zero attached hydrogens (tertiary/aromatic N) is 2. The summed E-state index contributed by atoms with van der Waals surface area (Å²) in [7, 11) is 0. The summed E-state index contributed by atoms with van der Waals surface area (Å²) in [4.78, 5) is 4.41. The zero-order valence-corrected chi connectivity index (χ0v) is 8.20. The van der Waals surface area contributed by atoms with Crippen molar-refractivity contribution in [1.82, 2.24) is 9.55 Å². The maximum atomic E-state index is 5.92. The number of fused-ring (bicyclic) bond motifs is 1. The number of aryl methyl sites for hydroxylation is 1. The average Bonchev–Trinajstić information content (AvgIpc) is 2.91. The molecular formula is C11H13N3. The van der Waals surface area contributed by atoms with Gasteiger partial charge in [-0.25, -0.2) is 4.98 Å². The first-order valence-electron chi connectivity index (χ1n) is 5.00. The Hall–Kier alpha value is -1.51. The molecule has 3 nitrogen and oxygen atoms in total. The molecule has 3 rings (SSSR count). The molecular weight excluding hydrogens is 174 g/mol. The van der Waals surface area contributed by atoms with E-state index in [0.717, 1.165) is 5.52 Å². The number of imidazole rings is 1. The van der Waals surface area contributed by atoms with E-state index in [1.165, 1.54) is 23.9 Å². The second-order valence-electron chi connectivity index (χ2n) is 4.01. The highest BCUT2D eigenvalue weighted by molar-refractivity contribution is 5.81. The van der Waals surface area contributed by atoms with Crippen LogP contribution < -0.4 is 5.73 Å². The van der Waals surface area contributed by atoms with Crippen LogP contribution in [0.25, 0.3) is 11.0 Å². The van der Waals surface area contributed by atoms with Gasteiger partial charge in [0.05, 0.1) is 11.0 Å². The van der Waals surface area contributed by atoms with Crippen molar-refractivity contribution < 1.29 is 0 Å². The number of para-hydroxylation sites is 1. The fourth-order valence-corrected chi connectivity index (χ4v) is 1.99. The van der Waals surface area contributed by atoms with E-state index in [2.05, 4.69) is 34.7 Å². The zero-order valence-electron chi connectivity index (χ0n) is 8.20. The first kappa shape index (κ1) is 7.85. The van der Waals surface area contributed by atoms with Crippen molar-refractivity contribution in [2.75, 3.05) is 5.73 Å². The number of nitrogen functional groups attached to an aromatic ring is 1. The summed E-state index contributed by atoms with van der Waals surface area (Å²) >= 11 is 0. The largest absolute Gasteiger partial charge is 0.369 e. The average molecular weight is 187 g/mol. The van der Waals surface area contributed by atoms with Gasteiger partial charge in [0, 0.05) is 6.04 Å². The number of benzene rings is 1. The highest BCUT2D eigenvalue weighted by Crippen LogP contribution is 2.39. The Bertz CT molecular complexity index is 494. The van der Waals surface area contributed by atoms with Crippen molar-refractivity contribution in [3.05, 3.63) is 23.8 Å². The van der Waals surface area contributed by atoms with Crippen LogP contribution in [-0.2, 0) is 0 Å². The first-order valence-corrected chi connectivity index (χ1v) is 5.00. The third-order valence-electron chi connectivity index (χ3n) is 2.86. The highest BCUT2D eigenvalue weighted by Gasteiger charge is 2.27. The fraction of sp³-hybridized carbons (Fsp3) is 0.364. The van der Waals surface area contributed by atoms with Gasteiger partial charge in [-0.15, -0.1) is 0 Å². The molecule has 0 radical (unpaired) electrons. The summed E-state index contributed by atoms with van der Waals surface area (Å²) in [5.74, 6) is 0.664. The standard InChI is InChI=1S/C11H13N3/c1-7-3-2-4-9-10(7)13-11(12)14(9)8-5-6-8/h2-4,8H,5-6H2,1H3,(H2,12,13). The second-order valence-corrected chi connectivity index (χ2v) is 4.01. The van der Waals surface area contributed by atoms with Gasteiger partial charge in [-0.1, -0.05) is 12.1 Å². The smallest absolute Gasteiger partial charge is 0.201 e. The van der Waals surface area contributed by atoms with E-state index < -0.39 is 0 Å². The number of hydrogen-bond donors (Lipinski definition) is 1. The molecule has 1 saturated carbocycles. The number of hydrogen-bond acceptors (Lipinski definition) is 2. The van der Waals surface area contributed by atoms with E-state index in [9.17, 15) is 0 Å². The first-order chi connectivity index (χ1) is 6.77. The van der Waals surface area contributed by atoms with Gasteiger partial charge in [-0.2, -0.15) is 0 Å². The van der Waals surface area contributed by atoms with E-state index in [-0.39, 0.29) is 0 Å². The third-order valence-corrected chi connectivity index (χ3v) is 2.86. The molecule has 0 saturated heterocycles. The van der Waals surface area contributed by atoms with Gasteiger partial charge in [-0.05, 0) is 31.4 Å². The van der Waals surface area contributed by atoms with Crippen LogP contribution in [0.3, 0.4) is 0 Å². The summed E-state index contributed by atoms with van der Waals surface area (Å²) in [6.07, 6.45) is 2.48. The molecule has 0 bridgehead atoms. The Labute approximate surface area is 82.5 Å². The molecule has 2 N–H and O–H groups in total. The SMILES string of the molecule is Cc1cccc2c1nc(N)n2C1CC1. The summed E-state index contributed by atoms with van der Waals surface area (Å²) in [6, 6.07) is 6.84. The third kappa shape index (κ3) is 0.953. The number of nitrogens with two attached hydrogens (primary N) is 1. The van der Waals surface area contributed by atoms with E-state index in [0.29, 0.717) is 12.0 Å². The number of aromatic nitrogens is 2. The van der Waals surface area contributed by atoms with Gasteiger partial charge in [0.1, 0.15) is 0 Å². The molecule has 0 unspecified atom stereocenters. The Balaban J connectivity index is 2.37. The minimum atomic E-state index is 0.599. The molecule has 2 aromatic rings. The van der Waals surface area contributed by atoms with E-state index in [1.807, 2.05) is 0 Å². The van der Waals surface area contributed by atoms with Crippen molar-refractivity contribution in [3.8, 4) is 0 Å². The molecule has 72 valence electrons. The maximum Gasteiger partial charge on any atom is 0.201 e. The van der Waals surface area contributed by atoms with Gasteiger partial charge in [0.2, 0.25) is 5.95 Å². The second kappa shape index (κ2) is 2.50. The Morgan fingerprint density at radius 3 is 2.93 bits per heavy atom. The van der Waals surface area contributed by atoms with Gasteiger partial charge < -0.3 is 10.3 Å². The van der Waals surface area contributed by atoms with Gasteiger partial charge in [0.25, 0.3) is 0 Å². The van der Waals surface area contributed by atoms with Crippen molar-refractivity contribution in [2.24, 2.45) is 0 Å². The Morgan fingerprint density at radius 2 is 2.21 bits per heavy atom. The highest BCUT2D eigenvalue weighted by atomic mass is 15.2. The number of rotatable bonds is 1. The Morgan fingerprint density at radius 1 is 1.43 bits per heavy atom. The predicted molar refractivity (Wildman–Crippen MR) is 57.2 cm³/mol. The lowest BCUT2D eigenvalue weighted by Gasteiger charge is -2.02. The lowest BCUT2D eigenvalue weighted by atomic mass is 10.2. The molecule has 0 amide bonds. The van der Waals surface area contributed by atoms with Crippen molar-refractivity contribution in [2.45, 2.75) is 25.8 Å². The summed E-state index contributed by atoms with van der Waals surface area (Å²) < 4.78 is 2.17. The quantitative estimate of drug-likeness (QED) is 0.744.